The predicted octanol–water partition coefficient (Wildman–Crippen LogP) is 4.23. The molecule has 5 nitrogen and oxygen atoms in total. The van der Waals surface area contributed by atoms with Crippen LogP contribution in [0.25, 0.3) is 11.1 Å². The summed E-state index contributed by atoms with van der Waals surface area (Å²) >= 11 is 1.28. The van der Waals surface area contributed by atoms with Crippen LogP contribution in [0.1, 0.15) is 26.2 Å². The molecular formula is C22H20F2N2O3S. The van der Waals surface area contributed by atoms with Gasteiger partial charge in [0.15, 0.2) is 11.6 Å². The smallest absolute Gasteiger partial charge is 0.262 e. The molecule has 1 unspecified atom stereocenters. The van der Waals surface area contributed by atoms with Crippen molar-refractivity contribution in [2.24, 2.45) is 0 Å². The quantitative estimate of drug-likeness (QED) is 0.615. The first-order valence-corrected chi connectivity index (χ1v) is 9.88. The molecule has 3 aromatic rings. The molecule has 2 aromatic carbocycles. The molecule has 3 rings (SSSR count). The van der Waals surface area contributed by atoms with Gasteiger partial charge in [0.25, 0.3) is 5.91 Å². The molecule has 0 aliphatic carbocycles. The maximum Gasteiger partial charge on any atom is 0.262 e. The summed E-state index contributed by atoms with van der Waals surface area (Å²) in [4.78, 5) is 26.4. The second-order valence-corrected chi connectivity index (χ2v) is 7.76. The van der Waals surface area contributed by atoms with E-state index in [-0.39, 0.29) is 5.56 Å². The zero-order valence-electron chi connectivity index (χ0n) is 16.6. The highest BCUT2D eigenvalue weighted by Crippen LogP contribution is 2.32. The summed E-state index contributed by atoms with van der Waals surface area (Å²) in [5.41, 5.74) is 1.95. The number of carbonyl (C=O) groups is 2. The van der Waals surface area contributed by atoms with Crippen molar-refractivity contribution in [1.29, 1.82) is 0 Å². The topological polar surface area (TPSA) is 67.4 Å². The van der Waals surface area contributed by atoms with Gasteiger partial charge >= 0.3 is 0 Å². The number of hydrogen-bond donors (Lipinski definition) is 2. The first-order chi connectivity index (χ1) is 14.3. The zero-order valence-corrected chi connectivity index (χ0v) is 17.4. The number of thiophene rings is 1. The lowest BCUT2D eigenvalue weighted by atomic mass is 10.0. The van der Waals surface area contributed by atoms with Crippen LogP contribution < -0.4 is 15.4 Å². The number of methoxy groups -OCH3 is 1. The number of ether oxygens (including phenoxy) is 1. The normalized spacial score (nSPS) is 11.6. The van der Waals surface area contributed by atoms with Gasteiger partial charge in [-0.15, -0.1) is 11.3 Å². The fourth-order valence-electron chi connectivity index (χ4n) is 2.99. The van der Waals surface area contributed by atoms with E-state index < -0.39 is 29.5 Å². The molecule has 2 amide bonds. The number of likely N-dealkylation sites (N-methyl/N-ethyl adjacent to an activating group) is 1. The fraction of sp³-hybridized carbons (Fsp3) is 0.182. The first-order valence-electron chi connectivity index (χ1n) is 9.06. The number of aryl methyl sites for hydroxylation is 1. The summed E-state index contributed by atoms with van der Waals surface area (Å²) in [6.07, 6.45) is 0. The molecule has 0 fully saturated rings. The average molecular weight is 430 g/mol. The highest BCUT2D eigenvalue weighted by molar-refractivity contribution is 7.14. The van der Waals surface area contributed by atoms with Crippen LogP contribution in [0.2, 0.25) is 0 Å². The summed E-state index contributed by atoms with van der Waals surface area (Å²) in [5, 5.41) is 5.04. The molecule has 2 N–H and O–H groups in total. The van der Waals surface area contributed by atoms with Crippen LogP contribution in [0.4, 0.5) is 8.78 Å². The summed E-state index contributed by atoms with van der Waals surface area (Å²) in [6.45, 7) is 1.90. The number of benzene rings is 2. The number of carbonyl (C=O) groups excluding carboxylic acids is 2. The van der Waals surface area contributed by atoms with E-state index in [2.05, 4.69) is 10.6 Å². The largest absolute Gasteiger partial charge is 0.497 e. The van der Waals surface area contributed by atoms with Gasteiger partial charge in [-0.05, 0) is 53.9 Å². The average Bonchev–Trinajstić information content (AvgIpc) is 3.15. The molecule has 1 atom stereocenters. The van der Waals surface area contributed by atoms with E-state index >= 15 is 0 Å². The minimum Gasteiger partial charge on any atom is -0.497 e. The molecule has 156 valence electrons. The van der Waals surface area contributed by atoms with E-state index in [1.807, 2.05) is 31.2 Å². The number of hydrogen-bond acceptors (Lipinski definition) is 4. The lowest BCUT2D eigenvalue weighted by molar-refractivity contribution is -0.122. The molecule has 0 bridgehead atoms. The van der Waals surface area contributed by atoms with Gasteiger partial charge in [-0.1, -0.05) is 18.2 Å². The minimum atomic E-state index is -1.16. The third kappa shape index (κ3) is 4.49. The Morgan fingerprint density at radius 3 is 2.33 bits per heavy atom. The summed E-state index contributed by atoms with van der Waals surface area (Å²) in [6, 6.07) is 11.1. The minimum absolute atomic E-state index is 0.144. The first kappa shape index (κ1) is 21.4. The van der Waals surface area contributed by atoms with Crippen molar-refractivity contribution < 1.29 is 23.1 Å². The van der Waals surface area contributed by atoms with Crippen molar-refractivity contribution in [3.63, 3.8) is 0 Å². The van der Waals surface area contributed by atoms with Gasteiger partial charge in [0.05, 0.1) is 12.0 Å². The Balaban J connectivity index is 1.87. The molecule has 0 saturated carbocycles. The van der Waals surface area contributed by atoms with Gasteiger partial charge in [0.1, 0.15) is 11.8 Å². The molecule has 0 aliphatic heterocycles. The third-order valence-electron chi connectivity index (χ3n) is 4.60. The maximum absolute atomic E-state index is 13.6. The highest BCUT2D eigenvalue weighted by atomic mass is 32.1. The number of halogens is 2. The zero-order chi connectivity index (χ0) is 21.8. The lowest BCUT2D eigenvalue weighted by Crippen LogP contribution is -2.38. The molecule has 1 aromatic heterocycles. The number of amides is 2. The van der Waals surface area contributed by atoms with Gasteiger partial charge in [-0.3, -0.25) is 9.59 Å². The van der Waals surface area contributed by atoms with Crippen LogP contribution in [-0.4, -0.2) is 26.0 Å². The predicted molar refractivity (Wildman–Crippen MR) is 112 cm³/mol. The van der Waals surface area contributed by atoms with Gasteiger partial charge in [-0.25, -0.2) is 8.78 Å². The van der Waals surface area contributed by atoms with Crippen molar-refractivity contribution in [3.05, 3.63) is 75.5 Å². The van der Waals surface area contributed by atoms with Crippen LogP contribution in [0.15, 0.2) is 48.5 Å². The van der Waals surface area contributed by atoms with E-state index in [1.54, 1.807) is 13.2 Å². The van der Waals surface area contributed by atoms with Crippen LogP contribution in [0, 0.1) is 18.6 Å². The SMILES string of the molecule is CNC(=O)C(NC(=O)c1cc(-c2ccc(OC)cc2)c(C)s1)c1ccc(F)c(F)c1. The second-order valence-electron chi connectivity index (χ2n) is 6.50. The van der Waals surface area contributed by atoms with E-state index in [0.717, 1.165) is 33.9 Å². The van der Waals surface area contributed by atoms with Crippen molar-refractivity contribution in [3.8, 4) is 16.9 Å². The lowest BCUT2D eigenvalue weighted by Gasteiger charge is -2.17. The Morgan fingerprint density at radius 2 is 1.73 bits per heavy atom. The van der Waals surface area contributed by atoms with Gasteiger partial charge in [0.2, 0.25) is 5.91 Å². The van der Waals surface area contributed by atoms with Crippen LogP contribution in [0.3, 0.4) is 0 Å². The Kier molecular flexibility index (Phi) is 6.47. The van der Waals surface area contributed by atoms with Crippen LogP contribution in [-0.2, 0) is 4.79 Å². The Labute approximate surface area is 176 Å². The van der Waals surface area contributed by atoms with E-state index in [9.17, 15) is 18.4 Å². The van der Waals surface area contributed by atoms with Gasteiger partial charge in [0, 0.05) is 11.9 Å². The standard InChI is InChI=1S/C22H20F2N2O3S/c1-12-16(13-4-7-15(29-3)8-5-13)11-19(30-12)21(27)26-20(22(28)25-2)14-6-9-17(23)18(24)10-14/h4-11,20H,1-3H3,(H,25,28)(H,26,27). The second kappa shape index (κ2) is 9.04. The molecule has 0 saturated heterocycles. The summed E-state index contributed by atoms with van der Waals surface area (Å²) in [5.74, 6) is -2.42. The number of rotatable bonds is 6. The molecular weight excluding hydrogens is 410 g/mol. The van der Waals surface area contributed by atoms with Crippen LogP contribution in [0.5, 0.6) is 5.75 Å². The Hall–Kier alpha value is -3.26. The molecule has 30 heavy (non-hydrogen) atoms. The summed E-state index contributed by atoms with van der Waals surface area (Å²) in [7, 11) is 2.99. The Morgan fingerprint density at radius 1 is 1.03 bits per heavy atom. The molecule has 0 spiro atoms. The summed E-state index contributed by atoms with van der Waals surface area (Å²) < 4.78 is 32.1. The molecule has 8 heteroatoms. The monoisotopic (exact) mass is 430 g/mol. The van der Waals surface area contributed by atoms with Crippen LogP contribution >= 0.6 is 11.3 Å². The van der Waals surface area contributed by atoms with Crippen molar-refractivity contribution in [2.75, 3.05) is 14.2 Å². The van der Waals surface area contributed by atoms with Crippen molar-refractivity contribution >= 4 is 23.2 Å². The van der Waals surface area contributed by atoms with Gasteiger partial charge in [-0.2, -0.15) is 0 Å². The molecule has 1 heterocycles. The number of nitrogens with one attached hydrogen (secondary N) is 2. The molecule has 0 aliphatic rings. The maximum atomic E-state index is 13.6. The fourth-order valence-corrected chi connectivity index (χ4v) is 3.93. The van der Waals surface area contributed by atoms with Crippen molar-refractivity contribution in [2.45, 2.75) is 13.0 Å². The van der Waals surface area contributed by atoms with E-state index in [4.69, 9.17) is 4.74 Å². The van der Waals surface area contributed by atoms with Gasteiger partial charge < -0.3 is 15.4 Å². The Bertz CT molecular complexity index is 1080. The third-order valence-corrected chi connectivity index (χ3v) is 5.65. The van der Waals surface area contributed by atoms with Crippen molar-refractivity contribution in [1.82, 2.24) is 10.6 Å². The van der Waals surface area contributed by atoms with E-state index in [0.29, 0.717) is 4.88 Å². The van der Waals surface area contributed by atoms with E-state index in [1.165, 1.54) is 24.5 Å². The highest BCUT2D eigenvalue weighted by Gasteiger charge is 2.25. The molecule has 0 radical (unpaired) electrons.